The van der Waals surface area contributed by atoms with Gasteiger partial charge < -0.3 is 9.14 Å². The Balaban J connectivity index is 1.79. The van der Waals surface area contributed by atoms with E-state index in [9.17, 15) is 10.1 Å². The van der Waals surface area contributed by atoms with Gasteiger partial charge in [-0.1, -0.05) is 17.7 Å². The highest BCUT2D eigenvalue weighted by atomic mass is 35.5. The molecule has 0 saturated heterocycles. The van der Waals surface area contributed by atoms with Gasteiger partial charge in [-0.2, -0.15) is 0 Å². The Labute approximate surface area is 131 Å². The van der Waals surface area contributed by atoms with E-state index in [0.717, 1.165) is 16.9 Å². The number of ether oxygens (including phenoxy) is 1. The fraction of sp³-hybridized carbons (Fsp3) is 0.133. The van der Waals surface area contributed by atoms with E-state index in [0.29, 0.717) is 5.75 Å². The van der Waals surface area contributed by atoms with E-state index in [-0.39, 0.29) is 17.3 Å². The Hall–Kier alpha value is -2.60. The van der Waals surface area contributed by atoms with Gasteiger partial charge in [0.25, 0.3) is 5.69 Å². The lowest BCUT2D eigenvalue weighted by atomic mass is 10.3. The molecule has 2 heterocycles. The van der Waals surface area contributed by atoms with Gasteiger partial charge in [0.05, 0.1) is 15.6 Å². The van der Waals surface area contributed by atoms with Crippen LogP contribution in [0.1, 0.15) is 11.3 Å². The molecule has 0 unspecified atom stereocenters. The lowest BCUT2D eigenvalue weighted by Crippen LogP contribution is -1.97. The first-order valence-corrected chi connectivity index (χ1v) is 6.92. The van der Waals surface area contributed by atoms with Crippen molar-refractivity contribution in [2.45, 2.75) is 13.5 Å². The number of nitro groups is 1. The molecule has 0 saturated carbocycles. The van der Waals surface area contributed by atoms with Gasteiger partial charge >= 0.3 is 0 Å². The van der Waals surface area contributed by atoms with Crippen LogP contribution in [0.25, 0.3) is 5.65 Å². The molecule has 112 valence electrons. The van der Waals surface area contributed by atoms with Crippen molar-refractivity contribution in [3.8, 4) is 5.75 Å². The summed E-state index contributed by atoms with van der Waals surface area (Å²) in [4.78, 5) is 14.7. The highest BCUT2D eigenvalue weighted by Crippen LogP contribution is 2.29. The lowest BCUT2D eigenvalue weighted by molar-refractivity contribution is -0.384. The molecule has 22 heavy (non-hydrogen) atoms. The van der Waals surface area contributed by atoms with Crippen LogP contribution in [-0.2, 0) is 6.61 Å². The van der Waals surface area contributed by atoms with Crippen molar-refractivity contribution < 1.29 is 9.66 Å². The van der Waals surface area contributed by atoms with Crippen LogP contribution in [0, 0.1) is 17.0 Å². The Morgan fingerprint density at radius 2 is 2.23 bits per heavy atom. The van der Waals surface area contributed by atoms with Crippen molar-refractivity contribution in [3.05, 3.63) is 69.1 Å². The van der Waals surface area contributed by atoms with Gasteiger partial charge in [0.2, 0.25) is 0 Å². The van der Waals surface area contributed by atoms with E-state index < -0.39 is 4.92 Å². The first-order chi connectivity index (χ1) is 10.5. The van der Waals surface area contributed by atoms with Crippen LogP contribution in [0.15, 0.2) is 42.7 Å². The van der Waals surface area contributed by atoms with Crippen LogP contribution in [0.2, 0.25) is 5.02 Å². The highest BCUT2D eigenvalue weighted by molar-refractivity contribution is 6.32. The molecule has 1 aromatic carbocycles. The Kier molecular flexibility index (Phi) is 3.68. The number of nitro benzene ring substituents is 1. The molecule has 6 nitrogen and oxygen atoms in total. The van der Waals surface area contributed by atoms with E-state index in [2.05, 4.69) is 4.98 Å². The average Bonchev–Trinajstić information content (AvgIpc) is 2.90. The monoisotopic (exact) mass is 317 g/mol. The number of imidazole rings is 1. The molecule has 0 amide bonds. The van der Waals surface area contributed by atoms with Gasteiger partial charge in [-0.05, 0) is 24.6 Å². The number of hydrogen-bond acceptors (Lipinski definition) is 4. The minimum atomic E-state index is -0.499. The third-order valence-electron chi connectivity index (χ3n) is 3.23. The number of aryl methyl sites for hydroxylation is 1. The largest absolute Gasteiger partial charge is 0.486 e. The van der Waals surface area contributed by atoms with Crippen molar-refractivity contribution in [1.29, 1.82) is 0 Å². The Morgan fingerprint density at radius 1 is 1.41 bits per heavy atom. The van der Waals surface area contributed by atoms with Gasteiger partial charge in [0, 0.05) is 24.5 Å². The number of halogens is 1. The fourth-order valence-corrected chi connectivity index (χ4v) is 2.38. The highest BCUT2D eigenvalue weighted by Gasteiger charge is 2.11. The number of pyridine rings is 1. The number of nitrogens with zero attached hydrogens (tertiary/aromatic N) is 3. The van der Waals surface area contributed by atoms with E-state index in [1.54, 1.807) is 0 Å². The third kappa shape index (κ3) is 2.73. The molecule has 0 aliphatic heterocycles. The SMILES string of the molecule is Cc1cccn2cc(COc3ccc([N+](=O)[O-])cc3Cl)nc12. The lowest BCUT2D eigenvalue weighted by Gasteiger charge is -2.05. The predicted octanol–water partition coefficient (Wildman–Crippen LogP) is 3.78. The molecular formula is C15H12ClN3O3. The summed E-state index contributed by atoms with van der Waals surface area (Å²) in [5.74, 6) is 0.390. The molecule has 0 aliphatic rings. The van der Waals surface area contributed by atoms with Gasteiger partial charge in [0.15, 0.2) is 0 Å². The molecule has 0 atom stereocenters. The summed E-state index contributed by atoms with van der Waals surface area (Å²) in [6, 6.07) is 8.04. The minimum absolute atomic E-state index is 0.0688. The first-order valence-electron chi connectivity index (χ1n) is 6.54. The zero-order valence-corrected chi connectivity index (χ0v) is 12.4. The average molecular weight is 318 g/mol. The van der Waals surface area contributed by atoms with Crippen molar-refractivity contribution in [2.24, 2.45) is 0 Å². The minimum Gasteiger partial charge on any atom is -0.486 e. The predicted molar refractivity (Wildman–Crippen MR) is 82.4 cm³/mol. The summed E-state index contributed by atoms with van der Waals surface area (Å²) in [6.45, 7) is 2.22. The second-order valence-corrected chi connectivity index (χ2v) is 5.22. The van der Waals surface area contributed by atoms with Crippen LogP contribution in [0.3, 0.4) is 0 Å². The fourth-order valence-electron chi connectivity index (χ4n) is 2.15. The summed E-state index contributed by atoms with van der Waals surface area (Å²) in [5, 5.41) is 10.9. The number of aromatic nitrogens is 2. The Bertz CT molecular complexity index is 860. The number of non-ortho nitro benzene ring substituents is 1. The molecule has 0 bridgehead atoms. The van der Waals surface area contributed by atoms with Crippen molar-refractivity contribution in [3.63, 3.8) is 0 Å². The molecule has 2 aromatic heterocycles. The summed E-state index contributed by atoms with van der Waals surface area (Å²) in [6.07, 6.45) is 3.79. The maximum atomic E-state index is 10.7. The summed E-state index contributed by atoms with van der Waals surface area (Å²) in [7, 11) is 0. The van der Waals surface area contributed by atoms with Gasteiger partial charge in [-0.3, -0.25) is 10.1 Å². The topological polar surface area (TPSA) is 69.7 Å². The van der Waals surface area contributed by atoms with Crippen LogP contribution in [0.4, 0.5) is 5.69 Å². The van der Waals surface area contributed by atoms with Crippen molar-refractivity contribution >= 4 is 22.9 Å². The molecule has 0 N–H and O–H groups in total. The van der Waals surface area contributed by atoms with Crippen LogP contribution in [-0.4, -0.2) is 14.3 Å². The number of benzene rings is 1. The quantitative estimate of drug-likeness (QED) is 0.542. The van der Waals surface area contributed by atoms with E-state index in [1.807, 2.05) is 35.9 Å². The summed E-state index contributed by atoms with van der Waals surface area (Å²) >= 11 is 5.99. The second kappa shape index (κ2) is 5.65. The zero-order valence-electron chi connectivity index (χ0n) is 11.7. The standard InChI is InChI=1S/C15H12ClN3O3/c1-10-3-2-6-18-8-11(17-15(10)18)9-22-14-5-4-12(19(20)21)7-13(14)16/h2-8H,9H2,1H3. The van der Waals surface area contributed by atoms with E-state index >= 15 is 0 Å². The maximum absolute atomic E-state index is 10.7. The molecule has 3 aromatic rings. The molecule has 7 heteroatoms. The van der Waals surface area contributed by atoms with Crippen LogP contribution < -0.4 is 4.74 Å². The molecule has 3 rings (SSSR count). The summed E-state index contributed by atoms with van der Waals surface area (Å²) < 4.78 is 7.52. The van der Waals surface area contributed by atoms with Crippen LogP contribution in [0.5, 0.6) is 5.75 Å². The van der Waals surface area contributed by atoms with E-state index in [4.69, 9.17) is 16.3 Å². The molecule has 0 fully saturated rings. The van der Waals surface area contributed by atoms with Gasteiger partial charge in [-0.25, -0.2) is 4.98 Å². The van der Waals surface area contributed by atoms with Gasteiger partial charge in [0.1, 0.15) is 18.0 Å². The van der Waals surface area contributed by atoms with Crippen molar-refractivity contribution in [2.75, 3.05) is 0 Å². The number of hydrogen-bond donors (Lipinski definition) is 0. The first kappa shape index (κ1) is 14.3. The van der Waals surface area contributed by atoms with Crippen LogP contribution >= 0.6 is 11.6 Å². The molecule has 0 spiro atoms. The summed E-state index contributed by atoms with van der Waals surface area (Å²) in [5.41, 5.74) is 2.63. The number of fused-ring (bicyclic) bond motifs is 1. The number of rotatable bonds is 4. The smallest absolute Gasteiger partial charge is 0.271 e. The normalized spacial score (nSPS) is 10.8. The van der Waals surface area contributed by atoms with Gasteiger partial charge in [-0.15, -0.1) is 0 Å². The van der Waals surface area contributed by atoms with E-state index in [1.165, 1.54) is 18.2 Å². The Morgan fingerprint density at radius 3 is 2.91 bits per heavy atom. The zero-order chi connectivity index (χ0) is 15.7. The third-order valence-corrected chi connectivity index (χ3v) is 3.52. The second-order valence-electron chi connectivity index (χ2n) is 4.81. The van der Waals surface area contributed by atoms with Crippen molar-refractivity contribution in [1.82, 2.24) is 9.38 Å². The molecule has 0 radical (unpaired) electrons. The maximum Gasteiger partial charge on any atom is 0.271 e. The molecule has 0 aliphatic carbocycles. The molecular weight excluding hydrogens is 306 g/mol.